The zero-order valence-electron chi connectivity index (χ0n) is 15.3. The molecule has 2 aliphatic rings. The molecular formula is C19H26N4O3. The van der Waals surface area contributed by atoms with E-state index in [1.54, 1.807) is 41.1 Å². The fourth-order valence-corrected chi connectivity index (χ4v) is 3.69. The maximum atomic E-state index is 12.8. The molecule has 0 unspecified atom stereocenters. The number of hydrogen-bond donors (Lipinski definition) is 0. The van der Waals surface area contributed by atoms with E-state index in [9.17, 15) is 14.4 Å². The molecular weight excluding hydrogens is 332 g/mol. The molecule has 0 N–H and O–H groups in total. The van der Waals surface area contributed by atoms with Crippen molar-refractivity contribution in [1.29, 1.82) is 0 Å². The SMILES string of the molecule is CC(=O)N1CCC(C(=O)N2CCCN(C(=O)c3ccccn3)CC2)CC1. The Morgan fingerprint density at radius 2 is 1.62 bits per heavy atom. The van der Waals surface area contributed by atoms with Gasteiger partial charge in [-0.3, -0.25) is 19.4 Å². The van der Waals surface area contributed by atoms with Gasteiger partial charge >= 0.3 is 0 Å². The standard InChI is InChI=1S/C19H26N4O3/c1-15(24)21-11-6-16(7-12-21)18(25)22-9-4-10-23(14-13-22)19(26)17-5-2-3-8-20-17/h2-3,5,8,16H,4,6-7,9-14H2,1H3. The number of carbonyl (C=O) groups is 3. The van der Waals surface area contributed by atoms with Gasteiger partial charge in [0.25, 0.3) is 5.91 Å². The highest BCUT2D eigenvalue weighted by Crippen LogP contribution is 2.21. The summed E-state index contributed by atoms with van der Waals surface area (Å²) < 4.78 is 0. The Morgan fingerprint density at radius 3 is 2.27 bits per heavy atom. The third-order valence-corrected chi connectivity index (χ3v) is 5.27. The van der Waals surface area contributed by atoms with Gasteiger partial charge in [0, 0.05) is 58.3 Å². The van der Waals surface area contributed by atoms with Gasteiger partial charge in [0.2, 0.25) is 11.8 Å². The molecule has 1 aromatic heterocycles. The van der Waals surface area contributed by atoms with Crippen molar-refractivity contribution in [3.63, 3.8) is 0 Å². The molecule has 0 aromatic carbocycles. The summed E-state index contributed by atoms with van der Waals surface area (Å²) in [6, 6.07) is 5.32. The summed E-state index contributed by atoms with van der Waals surface area (Å²) >= 11 is 0. The summed E-state index contributed by atoms with van der Waals surface area (Å²) in [4.78, 5) is 46.4. The first-order valence-electron chi connectivity index (χ1n) is 9.31. The number of likely N-dealkylation sites (tertiary alicyclic amines) is 1. The Balaban J connectivity index is 1.54. The van der Waals surface area contributed by atoms with E-state index in [0.717, 1.165) is 19.3 Å². The van der Waals surface area contributed by atoms with E-state index in [-0.39, 0.29) is 23.6 Å². The van der Waals surface area contributed by atoms with Gasteiger partial charge in [-0.1, -0.05) is 6.07 Å². The average molecular weight is 358 g/mol. The van der Waals surface area contributed by atoms with Crippen LogP contribution in [0.4, 0.5) is 0 Å². The van der Waals surface area contributed by atoms with Gasteiger partial charge in [-0.25, -0.2) is 0 Å². The third-order valence-electron chi connectivity index (χ3n) is 5.27. The highest BCUT2D eigenvalue weighted by atomic mass is 16.2. The molecule has 0 aliphatic carbocycles. The van der Waals surface area contributed by atoms with E-state index in [0.29, 0.717) is 45.0 Å². The maximum Gasteiger partial charge on any atom is 0.272 e. The van der Waals surface area contributed by atoms with E-state index in [2.05, 4.69) is 4.98 Å². The van der Waals surface area contributed by atoms with Gasteiger partial charge < -0.3 is 14.7 Å². The predicted octanol–water partition coefficient (Wildman–Crippen LogP) is 1.01. The van der Waals surface area contributed by atoms with Crippen LogP contribution in [0.2, 0.25) is 0 Å². The number of piperidine rings is 1. The number of hydrogen-bond acceptors (Lipinski definition) is 4. The summed E-state index contributed by atoms with van der Waals surface area (Å²) in [6.07, 6.45) is 3.85. The average Bonchev–Trinajstić information content (AvgIpc) is 2.94. The van der Waals surface area contributed by atoms with Gasteiger partial charge in [0.05, 0.1) is 0 Å². The van der Waals surface area contributed by atoms with Crippen molar-refractivity contribution in [3.8, 4) is 0 Å². The van der Waals surface area contributed by atoms with Crippen LogP contribution in [0.15, 0.2) is 24.4 Å². The first kappa shape index (κ1) is 18.4. The molecule has 3 heterocycles. The molecule has 0 bridgehead atoms. The third kappa shape index (κ3) is 4.20. The Bertz CT molecular complexity index is 656. The minimum atomic E-state index is -0.0744. The van der Waals surface area contributed by atoms with Crippen LogP contribution >= 0.6 is 0 Å². The van der Waals surface area contributed by atoms with Crippen molar-refractivity contribution in [3.05, 3.63) is 30.1 Å². The Labute approximate surface area is 154 Å². The number of amides is 3. The predicted molar refractivity (Wildman–Crippen MR) is 96.3 cm³/mol. The number of pyridine rings is 1. The van der Waals surface area contributed by atoms with Crippen molar-refractivity contribution >= 4 is 17.7 Å². The number of carbonyl (C=O) groups excluding carboxylic acids is 3. The largest absolute Gasteiger partial charge is 0.343 e. The fraction of sp³-hybridized carbons (Fsp3) is 0.579. The van der Waals surface area contributed by atoms with Crippen LogP contribution in [0.25, 0.3) is 0 Å². The fourth-order valence-electron chi connectivity index (χ4n) is 3.69. The lowest BCUT2D eigenvalue weighted by Crippen LogP contribution is -2.45. The molecule has 3 amide bonds. The second kappa shape index (κ2) is 8.29. The van der Waals surface area contributed by atoms with E-state index in [1.807, 2.05) is 4.90 Å². The van der Waals surface area contributed by atoms with Gasteiger partial charge in [-0.2, -0.15) is 0 Å². The van der Waals surface area contributed by atoms with E-state index >= 15 is 0 Å². The van der Waals surface area contributed by atoms with Crippen molar-refractivity contribution in [1.82, 2.24) is 19.7 Å². The first-order valence-corrected chi connectivity index (χ1v) is 9.31. The van der Waals surface area contributed by atoms with Crippen LogP contribution in [0.3, 0.4) is 0 Å². The summed E-state index contributed by atoms with van der Waals surface area (Å²) in [5.41, 5.74) is 0.448. The van der Waals surface area contributed by atoms with Crippen molar-refractivity contribution in [2.45, 2.75) is 26.2 Å². The molecule has 1 aromatic rings. The second-order valence-electron chi connectivity index (χ2n) is 6.97. The molecule has 3 rings (SSSR count). The molecule has 140 valence electrons. The Kier molecular flexibility index (Phi) is 5.85. The van der Waals surface area contributed by atoms with E-state index in [1.165, 1.54) is 0 Å². The minimum absolute atomic E-state index is 0.0105. The van der Waals surface area contributed by atoms with Crippen LogP contribution < -0.4 is 0 Å². The lowest BCUT2D eigenvalue weighted by molar-refractivity contribution is -0.140. The molecule has 26 heavy (non-hydrogen) atoms. The van der Waals surface area contributed by atoms with Crippen molar-refractivity contribution in [2.24, 2.45) is 5.92 Å². The van der Waals surface area contributed by atoms with Gasteiger partial charge in [-0.05, 0) is 31.4 Å². The molecule has 2 aliphatic heterocycles. The van der Waals surface area contributed by atoms with Crippen LogP contribution in [0, 0.1) is 5.92 Å². The van der Waals surface area contributed by atoms with Crippen LogP contribution in [-0.4, -0.2) is 76.7 Å². The highest BCUT2D eigenvalue weighted by molar-refractivity contribution is 5.92. The van der Waals surface area contributed by atoms with Crippen molar-refractivity contribution in [2.75, 3.05) is 39.3 Å². The van der Waals surface area contributed by atoms with Crippen molar-refractivity contribution < 1.29 is 14.4 Å². The number of rotatable bonds is 2. The lowest BCUT2D eigenvalue weighted by atomic mass is 9.95. The molecule has 0 radical (unpaired) electrons. The second-order valence-corrected chi connectivity index (χ2v) is 6.97. The zero-order chi connectivity index (χ0) is 18.5. The van der Waals surface area contributed by atoms with E-state index < -0.39 is 0 Å². The zero-order valence-corrected chi connectivity index (χ0v) is 15.3. The van der Waals surface area contributed by atoms with E-state index in [4.69, 9.17) is 0 Å². The van der Waals surface area contributed by atoms with Gasteiger partial charge in [0.15, 0.2) is 0 Å². The van der Waals surface area contributed by atoms with Crippen LogP contribution in [0.1, 0.15) is 36.7 Å². The Morgan fingerprint density at radius 1 is 0.923 bits per heavy atom. The summed E-state index contributed by atoms with van der Waals surface area (Å²) in [5, 5.41) is 0. The maximum absolute atomic E-state index is 12.8. The molecule has 0 saturated carbocycles. The summed E-state index contributed by atoms with van der Waals surface area (Å²) in [5.74, 6) is 0.160. The summed E-state index contributed by atoms with van der Waals surface area (Å²) in [7, 11) is 0. The molecule has 7 heteroatoms. The number of aromatic nitrogens is 1. The molecule has 0 atom stereocenters. The first-order chi connectivity index (χ1) is 12.6. The molecule has 2 saturated heterocycles. The van der Waals surface area contributed by atoms with Gasteiger partial charge in [-0.15, -0.1) is 0 Å². The molecule has 0 spiro atoms. The van der Waals surface area contributed by atoms with Crippen LogP contribution in [0.5, 0.6) is 0 Å². The molecule has 7 nitrogen and oxygen atoms in total. The van der Waals surface area contributed by atoms with Gasteiger partial charge in [0.1, 0.15) is 5.69 Å². The smallest absolute Gasteiger partial charge is 0.272 e. The summed E-state index contributed by atoms with van der Waals surface area (Å²) in [6.45, 7) is 5.30. The molecule has 2 fully saturated rings. The highest BCUT2D eigenvalue weighted by Gasteiger charge is 2.31. The van der Waals surface area contributed by atoms with Crippen LogP contribution in [-0.2, 0) is 9.59 Å². The Hall–Kier alpha value is -2.44. The normalized spacial score (nSPS) is 19.2. The number of nitrogens with zero attached hydrogens (tertiary/aromatic N) is 4. The minimum Gasteiger partial charge on any atom is -0.343 e. The monoisotopic (exact) mass is 358 g/mol. The lowest BCUT2D eigenvalue weighted by Gasteiger charge is -2.33. The quantitative estimate of drug-likeness (QED) is 0.791. The topological polar surface area (TPSA) is 73.8 Å².